The van der Waals surface area contributed by atoms with E-state index in [0.717, 1.165) is 17.7 Å². The maximum Gasteiger partial charge on any atom is 0.345 e. The Morgan fingerprint density at radius 1 is 1.07 bits per heavy atom. The molecule has 0 radical (unpaired) electrons. The fourth-order valence-corrected chi connectivity index (χ4v) is 6.81. The van der Waals surface area contributed by atoms with Crippen LogP contribution in [0.1, 0.15) is 73.5 Å². The van der Waals surface area contributed by atoms with Crippen LogP contribution in [0.4, 0.5) is 14.5 Å². The Bertz CT molecular complexity index is 1690. The number of carbonyl (C=O) groups is 1. The van der Waals surface area contributed by atoms with Gasteiger partial charge in [0.25, 0.3) is 5.91 Å². The van der Waals surface area contributed by atoms with Crippen molar-refractivity contribution >= 4 is 21.4 Å². The van der Waals surface area contributed by atoms with Gasteiger partial charge in [-0.25, -0.2) is 8.42 Å². The zero-order valence-corrected chi connectivity index (χ0v) is 26.7. The molecule has 1 saturated heterocycles. The highest BCUT2D eigenvalue weighted by molar-refractivity contribution is 7.91. The van der Waals surface area contributed by atoms with Crippen molar-refractivity contribution in [1.82, 2.24) is 5.32 Å². The molecular formula is C34H37F2N3O6S. The molecule has 0 unspecified atom stereocenters. The number of amides is 1. The van der Waals surface area contributed by atoms with Gasteiger partial charge in [0, 0.05) is 37.6 Å². The molecule has 9 nitrogen and oxygen atoms in total. The Kier molecular flexibility index (Phi) is 9.84. The Labute approximate surface area is 268 Å². The summed E-state index contributed by atoms with van der Waals surface area (Å²) in [6, 6.07) is 20.0. The molecule has 3 aromatic rings. The quantitative estimate of drug-likeness (QED) is 0.254. The maximum absolute atomic E-state index is 13.2. The van der Waals surface area contributed by atoms with Crippen LogP contribution in [0, 0.1) is 11.3 Å². The first-order valence-corrected chi connectivity index (χ1v) is 16.8. The smallest absolute Gasteiger partial charge is 0.345 e. The lowest BCUT2D eigenvalue weighted by Gasteiger charge is -2.41. The van der Waals surface area contributed by atoms with Crippen LogP contribution in [0.3, 0.4) is 0 Å². The van der Waals surface area contributed by atoms with E-state index < -0.39 is 34.2 Å². The number of fused-ring (bicyclic) bond motifs is 1. The van der Waals surface area contributed by atoms with E-state index in [1.165, 1.54) is 12.1 Å². The monoisotopic (exact) mass is 653 g/mol. The third-order valence-electron chi connectivity index (χ3n) is 8.35. The van der Waals surface area contributed by atoms with Gasteiger partial charge in [-0.15, -0.1) is 0 Å². The van der Waals surface area contributed by atoms with E-state index in [1.54, 1.807) is 43.3 Å². The van der Waals surface area contributed by atoms with E-state index in [1.807, 2.05) is 36.9 Å². The topological polar surface area (TPSA) is 118 Å². The fourth-order valence-electron chi connectivity index (χ4n) is 5.93. The normalized spacial score (nSPS) is 19.5. The van der Waals surface area contributed by atoms with Gasteiger partial charge < -0.3 is 24.4 Å². The number of benzene rings is 3. The van der Waals surface area contributed by atoms with Crippen molar-refractivity contribution in [2.75, 3.05) is 23.8 Å². The van der Waals surface area contributed by atoms with Crippen molar-refractivity contribution < 1.29 is 36.2 Å². The number of hydrogen-bond donors (Lipinski definition) is 1. The van der Waals surface area contributed by atoms with Gasteiger partial charge >= 0.3 is 6.61 Å². The van der Waals surface area contributed by atoms with E-state index in [-0.39, 0.29) is 35.6 Å². The Morgan fingerprint density at radius 3 is 2.41 bits per heavy atom. The molecular weight excluding hydrogens is 616 g/mol. The highest BCUT2D eigenvalue weighted by Gasteiger charge is 2.34. The van der Waals surface area contributed by atoms with Crippen molar-refractivity contribution in [2.45, 2.75) is 75.3 Å². The minimum atomic E-state index is -3.38. The first-order chi connectivity index (χ1) is 21.9. The van der Waals surface area contributed by atoms with Gasteiger partial charge in [-0.3, -0.25) is 4.79 Å². The van der Waals surface area contributed by atoms with Gasteiger partial charge in [0.1, 0.15) is 0 Å². The number of anilines is 1. The summed E-state index contributed by atoms with van der Waals surface area (Å²) >= 11 is 0. The number of carbonyl (C=O) groups excluding carboxylic acids is 1. The molecule has 46 heavy (non-hydrogen) atoms. The fraction of sp³-hybridized carbons (Fsp3) is 0.412. The van der Waals surface area contributed by atoms with Gasteiger partial charge in [0.2, 0.25) is 5.79 Å². The first-order valence-electron chi connectivity index (χ1n) is 15.2. The molecule has 0 saturated carbocycles. The molecule has 12 heteroatoms. The summed E-state index contributed by atoms with van der Waals surface area (Å²) in [6.07, 6.45) is 1.37. The molecule has 2 heterocycles. The molecule has 0 aliphatic carbocycles. The van der Waals surface area contributed by atoms with Crippen LogP contribution < -0.4 is 19.7 Å². The second-order valence-electron chi connectivity index (χ2n) is 11.9. The van der Waals surface area contributed by atoms with Crippen LogP contribution in [-0.2, 0) is 14.6 Å². The average Bonchev–Trinajstić information content (AvgIpc) is 3.36. The summed E-state index contributed by atoms with van der Waals surface area (Å²) in [7, 11) is -3.38. The van der Waals surface area contributed by atoms with E-state index in [4.69, 9.17) is 14.2 Å². The number of hydrogen-bond acceptors (Lipinski definition) is 8. The summed E-state index contributed by atoms with van der Waals surface area (Å²) in [6.45, 7) is 2.77. The Balaban J connectivity index is 1.32. The number of nitriles is 1. The van der Waals surface area contributed by atoms with Crippen LogP contribution in [-0.4, -0.2) is 51.7 Å². The molecule has 1 amide bonds. The lowest BCUT2D eigenvalue weighted by molar-refractivity contribution is -0.133. The molecule has 0 spiro atoms. The van der Waals surface area contributed by atoms with Crippen molar-refractivity contribution in [2.24, 2.45) is 0 Å². The van der Waals surface area contributed by atoms with E-state index in [2.05, 4.69) is 11.4 Å². The standard InChI is InChI=1S/C34H37F2N3O6S/c1-4-46(41,42)28-14-8-22(9-15-28)29(17-18-37)38-32(40)23-5-11-26(12-6-23)39-20-25(7-13-27(39)21-43-33(35)36)24-10-16-30-31(19-24)45-34(2,3)44-30/h5-6,8-12,14-16,19,25,27,29,33H,4,7,13,17,20-21H2,1-3H3,(H,38,40)/t25-,27-,29-/m0/s1. The SMILES string of the molecule is CCS(=O)(=O)c1ccc([C@H](CC#N)NC(=O)c2ccc(N3C[C@@H](c4ccc5c(c4)OC(C)(C)O5)CC[C@H]3COC(F)F)cc2)cc1. The summed E-state index contributed by atoms with van der Waals surface area (Å²) < 4.78 is 66.8. The van der Waals surface area contributed by atoms with Crippen molar-refractivity contribution in [3.8, 4) is 17.6 Å². The predicted octanol–water partition coefficient (Wildman–Crippen LogP) is 6.36. The zero-order chi connectivity index (χ0) is 33.1. The van der Waals surface area contributed by atoms with Gasteiger partial charge in [0.05, 0.1) is 41.8 Å². The summed E-state index contributed by atoms with van der Waals surface area (Å²) in [5.41, 5.74) is 2.77. The molecule has 3 aromatic carbocycles. The second kappa shape index (κ2) is 13.6. The Morgan fingerprint density at radius 2 is 1.76 bits per heavy atom. The molecule has 2 aliphatic heterocycles. The second-order valence-corrected chi connectivity index (χ2v) is 14.2. The lowest BCUT2D eigenvalue weighted by atomic mass is 9.87. The molecule has 2 aliphatic rings. The van der Waals surface area contributed by atoms with Gasteiger partial charge in [0.15, 0.2) is 21.3 Å². The van der Waals surface area contributed by atoms with E-state index in [9.17, 15) is 27.3 Å². The zero-order valence-electron chi connectivity index (χ0n) is 25.9. The molecule has 5 rings (SSSR count). The van der Waals surface area contributed by atoms with Crippen molar-refractivity contribution in [3.05, 3.63) is 83.4 Å². The minimum Gasteiger partial charge on any atom is -0.449 e. The minimum absolute atomic E-state index is 0.0119. The van der Waals surface area contributed by atoms with Crippen LogP contribution in [0.25, 0.3) is 0 Å². The maximum atomic E-state index is 13.2. The Hall–Kier alpha value is -4.21. The number of piperidine rings is 1. The number of alkyl halides is 2. The predicted molar refractivity (Wildman–Crippen MR) is 168 cm³/mol. The highest BCUT2D eigenvalue weighted by atomic mass is 32.2. The number of ether oxygens (including phenoxy) is 3. The van der Waals surface area contributed by atoms with Gasteiger partial charge in [-0.05, 0) is 72.5 Å². The largest absolute Gasteiger partial charge is 0.449 e. The van der Waals surface area contributed by atoms with E-state index in [0.29, 0.717) is 35.6 Å². The number of sulfone groups is 1. The van der Waals surface area contributed by atoms with Crippen LogP contribution in [0.15, 0.2) is 71.6 Å². The third kappa shape index (κ3) is 7.59. The molecule has 244 valence electrons. The average molecular weight is 654 g/mol. The molecule has 1 N–H and O–H groups in total. The molecule has 0 bridgehead atoms. The lowest BCUT2D eigenvalue weighted by Crippen LogP contribution is -2.45. The van der Waals surface area contributed by atoms with Crippen LogP contribution in [0.2, 0.25) is 0 Å². The molecule has 3 atom stereocenters. The summed E-state index contributed by atoms with van der Waals surface area (Å²) in [5, 5.41) is 12.3. The summed E-state index contributed by atoms with van der Waals surface area (Å²) in [5.74, 6) is 0.252. The molecule has 0 aromatic heterocycles. The third-order valence-corrected chi connectivity index (χ3v) is 10.1. The van der Waals surface area contributed by atoms with Crippen LogP contribution in [0.5, 0.6) is 11.5 Å². The number of rotatable bonds is 11. The van der Waals surface area contributed by atoms with Gasteiger partial charge in [-0.2, -0.15) is 14.0 Å². The van der Waals surface area contributed by atoms with Crippen molar-refractivity contribution in [3.63, 3.8) is 0 Å². The number of halogens is 2. The summed E-state index contributed by atoms with van der Waals surface area (Å²) in [4.78, 5) is 15.4. The van der Waals surface area contributed by atoms with Crippen molar-refractivity contribution in [1.29, 1.82) is 5.26 Å². The van der Waals surface area contributed by atoms with Gasteiger partial charge in [-0.1, -0.05) is 25.1 Å². The van der Waals surface area contributed by atoms with E-state index >= 15 is 0 Å². The molecule has 1 fully saturated rings. The highest BCUT2D eigenvalue weighted by Crippen LogP contribution is 2.43. The number of nitrogens with zero attached hydrogens (tertiary/aromatic N) is 2. The van der Waals surface area contributed by atoms with Crippen LogP contribution >= 0.6 is 0 Å². The first kappa shape index (κ1) is 33.2. The number of nitrogens with one attached hydrogen (secondary N) is 1.